The predicted molar refractivity (Wildman–Crippen MR) is 190 cm³/mol. The van der Waals surface area contributed by atoms with Crippen LogP contribution in [0.15, 0.2) is 53.3 Å². The van der Waals surface area contributed by atoms with Crippen molar-refractivity contribution in [2.24, 2.45) is 0 Å². The summed E-state index contributed by atoms with van der Waals surface area (Å²) in [6.07, 6.45) is 3.13. The molecule has 2 atom stereocenters. The van der Waals surface area contributed by atoms with Gasteiger partial charge in [0.25, 0.3) is 11.8 Å². The van der Waals surface area contributed by atoms with Crippen molar-refractivity contribution in [1.82, 2.24) is 51.0 Å². The fourth-order valence-electron chi connectivity index (χ4n) is 6.41. The molecule has 272 valence electrons. The molecule has 5 aromatic rings. The molecule has 0 aliphatic carbocycles. The number of fused-ring (bicyclic) bond motifs is 2. The van der Waals surface area contributed by atoms with Gasteiger partial charge >= 0.3 is 0 Å². The number of H-pyrrole nitrogens is 1. The minimum Gasteiger partial charge on any atom is -0.361 e. The summed E-state index contributed by atoms with van der Waals surface area (Å²) in [5.74, 6) is -1.61. The van der Waals surface area contributed by atoms with E-state index in [1.165, 1.54) is 4.90 Å². The van der Waals surface area contributed by atoms with E-state index in [9.17, 15) is 24.0 Å². The molecule has 16 heteroatoms. The molecule has 0 saturated heterocycles. The van der Waals surface area contributed by atoms with E-state index < -0.39 is 36.3 Å². The van der Waals surface area contributed by atoms with E-state index in [1.54, 1.807) is 32.0 Å². The van der Waals surface area contributed by atoms with E-state index in [2.05, 4.69) is 41.5 Å². The Morgan fingerprint density at radius 1 is 0.923 bits per heavy atom. The second kappa shape index (κ2) is 15.9. The lowest BCUT2D eigenvalue weighted by Gasteiger charge is -2.25. The van der Waals surface area contributed by atoms with Crippen LogP contribution in [0.5, 0.6) is 0 Å². The number of hydrogen-bond acceptors (Lipinski definition) is 9. The third kappa shape index (κ3) is 7.95. The van der Waals surface area contributed by atoms with Gasteiger partial charge in [0, 0.05) is 55.3 Å². The zero-order chi connectivity index (χ0) is 36.8. The smallest absolute Gasteiger partial charge is 0.278 e. The van der Waals surface area contributed by atoms with Gasteiger partial charge in [-0.15, -0.1) is 0 Å². The molecule has 2 bridgehead atoms. The largest absolute Gasteiger partial charge is 0.361 e. The second-order valence-corrected chi connectivity index (χ2v) is 12.8. The summed E-state index contributed by atoms with van der Waals surface area (Å²) in [6, 6.07) is 11.0. The van der Waals surface area contributed by atoms with Crippen molar-refractivity contribution in [3.8, 4) is 0 Å². The first-order valence-electron chi connectivity index (χ1n) is 17.4. The zero-order valence-corrected chi connectivity index (χ0v) is 29.3. The highest BCUT2D eigenvalue weighted by Crippen LogP contribution is 2.21. The number of nitrogens with one attached hydrogen (secondary N) is 5. The van der Waals surface area contributed by atoms with E-state index in [0.29, 0.717) is 31.5 Å². The van der Waals surface area contributed by atoms with Crippen molar-refractivity contribution >= 4 is 51.5 Å². The minimum atomic E-state index is -0.990. The maximum atomic E-state index is 13.7. The number of aryl methyl sites for hydroxylation is 3. The maximum Gasteiger partial charge on any atom is 0.278 e. The lowest BCUT2D eigenvalue weighted by atomic mass is 10.0. The van der Waals surface area contributed by atoms with Gasteiger partial charge in [0.05, 0.1) is 17.6 Å². The van der Waals surface area contributed by atoms with Gasteiger partial charge in [-0.25, -0.2) is 9.61 Å². The van der Waals surface area contributed by atoms with Crippen molar-refractivity contribution in [3.63, 3.8) is 0 Å². The number of para-hydroxylation sites is 1. The molecule has 1 aliphatic rings. The van der Waals surface area contributed by atoms with Crippen LogP contribution in [-0.4, -0.2) is 97.5 Å². The molecular weight excluding hydrogens is 668 g/mol. The molecule has 0 spiro atoms. The summed E-state index contributed by atoms with van der Waals surface area (Å²) in [7, 11) is 0. The van der Waals surface area contributed by atoms with E-state index in [4.69, 9.17) is 4.63 Å². The van der Waals surface area contributed by atoms with Gasteiger partial charge in [-0.3, -0.25) is 24.0 Å². The molecule has 0 saturated carbocycles. The Hall–Kier alpha value is -6.06. The van der Waals surface area contributed by atoms with Gasteiger partial charge in [0.1, 0.15) is 23.6 Å². The summed E-state index contributed by atoms with van der Waals surface area (Å²) in [4.78, 5) is 76.5. The van der Waals surface area contributed by atoms with Crippen molar-refractivity contribution in [3.05, 3.63) is 77.0 Å². The number of carbonyl (C=O) groups is 5. The number of hydrogen-bond donors (Lipinski definition) is 5. The molecule has 1 aliphatic heterocycles. The van der Waals surface area contributed by atoms with E-state index in [1.807, 2.05) is 42.0 Å². The second-order valence-electron chi connectivity index (χ2n) is 12.8. The van der Waals surface area contributed by atoms with Gasteiger partial charge in [-0.1, -0.05) is 30.3 Å². The number of nitrogens with zero attached hydrogens (tertiary/aromatic N) is 5. The predicted octanol–water partition coefficient (Wildman–Crippen LogP) is 1.92. The third-order valence-corrected chi connectivity index (χ3v) is 9.22. The fraction of sp³-hybridized carbons (Fsp3) is 0.389. The molecule has 4 heterocycles. The molecule has 3 aromatic heterocycles. The number of amides is 5. The van der Waals surface area contributed by atoms with Crippen LogP contribution in [0.4, 0.5) is 0 Å². The van der Waals surface area contributed by atoms with Crippen LogP contribution in [-0.2, 0) is 27.3 Å². The molecule has 2 aromatic carbocycles. The molecule has 6 rings (SSSR count). The fourth-order valence-corrected chi connectivity index (χ4v) is 6.41. The average molecular weight is 711 g/mol. The maximum absolute atomic E-state index is 13.7. The number of aromatic nitrogens is 5. The average Bonchev–Trinajstić information content (AvgIpc) is 3.84. The molecule has 52 heavy (non-hydrogen) atoms. The van der Waals surface area contributed by atoms with Gasteiger partial charge in [0.2, 0.25) is 17.7 Å². The summed E-state index contributed by atoms with van der Waals surface area (Å²) < 4.78 is 6.73. The van der Waals surface area contributed by atoms with Gasteiger partial charge in [-0.05, 0) is 68.1 Å². The summed E-state index contributed by atoms with van der Waals surface area (Å²) >= 11 is 0. The first kappa shape index (κ1) is 35.8. The Labute approximate surface area is 299 Å². The van der Waals surface area contributed by atoms with Crippen LogP contribution in [0.25, 0.3) is 21.9 Å². The Balaban J connectivity index is 1.28. The van der Waals surface area contributed by atoms with Crippen LogP contribution in [0, 0.1) is 13.8 Å². The number of rotatable bonds is 4. The Morgan fingerprint density at radius 3 is 2.50 bits per heavy atom. The lowest BCUT2D eigenvalue weighted by Crippen LogP contribution is -2.55. The number of benzene rings is 2. The van der Waals surface area contributed by atoms with Crippen LogP contribution in [0.1, 0.15) is 64.1 Å². The van der Waals surface area contributed by atoms with Crippen LogP contribution in [0.3, 0.4) is 0 Å². The topological polar surface area (TPSA) is 209 Å². The van der Waals surface area contributed by atoms with E-state index in [0.717, 1.165) is 33.3 Å². The molecule has 5 N–H and O–H groups in total. The molecule has 5 amide bonds. The van der Waals surface area contributed by atoms with Crippen molar-refractivity contribution in [2.75, 3.05) is 26.2 Å². The molecular formula is C36H42N10O6. The summed E-state index contributed by atoms with van der Waals surface area (Å²) in [6.45, 7) is 5.94. The first-order chi connectivity index (χ1) is 25.1. The van der Waals surface area contributed by atoms with Crippen LogP contribution >= 0.6 is 0 Å². The highest BCUT2D eigenvalue weighted by Gasteiger charge is 2.29. The van der Waals surface area contributed by atoms with Crippen molar-refractivity contribution in [1.29, 1.82) is 0 Å². The Morgan fingerprint density at radius 2 is 1.71 bits per heavy atom. The quantitative estimate of drug-likeness (QED) is 0.184. The van der Waals surface area contributed by atoms with Crippen LogP contribution in [0.2, 0.25) is 0 Å². The number of imidazole rings is 1. The van der Waals surface area contributed by atoms with Gasteiger partial charge in [-0.2, -0.15) is 0 Å². The molecule has 0 fully saturated rings. The van der Waals surface area contributed by atoms with Crippen molar-refractivity contribution < 1.29 is 28.6 Å². The standard InChI is InChI=1S/C36H42N10O6/c1-4-26-35(50)42-29(17-24-19-39-27-10-6-5-9-25(24)27)34(49)38-14-8-16-46-22(3)40-28-12-11-23(18-30(28)46)33(48)37-13-7-15-45(20-31(47)41-26)36(51)32-21(2)43-52-44-32/h5-6,9-12,18-19,26,29,39H,4,7-8,13-17,20H2,1-3H3,(H,37,48)(H,38,49)(H,41,47)(H,42,50)/t26-,29+/m0/s1. The third-order valence-electron chi connectivity index (χ3n) is 9.22. The van der Waals surface area contributed by atoms with Crippen LogP contribution < -0.4 is 21.3 Å². The summed E-state index contributed by atoms with van der Waals surface area (Å²) in [5.41, 5.74) is 3.93. The monoisotopic (exact) mass is 710 g/mol. The highest BCUT2D eigenvalue weighted by atomic mass is 16.6. The first-order valence-corrected chi connectivity index (χ1v) is 17.4. The number of aromatic amines is 1. The van der Waals surface area contributed by atoms with Crippen molar-refractivity contribution in [2.45, 2.75) is 65.1 Å². The number of carbonyl (C=O) groups excluding carboxylic acids is 5. The van der Waals surface area contributed by atoms with Gasteiger partial charge in [0.15, 0.2) is 5.69 Å². The highest BCUT2D eigenvalue weighted by molar-refractivity contribution is 5.98. The molecule has 0 unspecified atom stereocenters. The lowest BCUT2D eigenvalue weighted by molar-refractivity contribution is -0.132. The Bertz CT molecular complexity index is 2120. The zero-order valence-electron chi connectivity index (χ0n) is 29.3. The van der Waals surface area contributed by atoms with E-state index >= 15 is 0 Å². The molecule has 0 radical (unpaired) electrons. The molecule has 16 nitrogen and oxygen atoms in total. The Kier molecular flexibility index (Phi) is 10.9. The summed E-state index contributed by atoms with van der Waals surface area (Å²) in [5, 5.41) is 19.8. The minimum absolute atomic E-state index is 0.0468. The van der Waals surface area contributed by atoms with E-state index in [-0.39, 0.29) is 49.1 Å². The normalized spacial score (nSPS) is 18.7. The SMILES string of the molecule is CC[C@@H]1NC(=O)CN(C(=O)c2nonc2C)CCCNC(=O)c2ccc3nc(C)n(c3c2)CCCNC(=O)[C@@H](Cc2c[nH]c3ccccc23)NC1=O. The van der Waals surface area contributed by atoms with Gasteiger partial charge < -0.3 is 35.7 Å².